The van der Waals surface area contributed by atoms with Gasteiger partial charge in [0.2, 0.25) is 0 Å². The van der Waals surface area contributed by atoms with Crippen LogP contribution in [0.15, 0.2) is 42.5 Å². The molecule has 4 heteroatoms. The first-order chi connectivity index (χ1) is 9.69. The smallest absolute Gasteiger partial charge is 0.123 e. The fraction of sp³-hybridized carbons (Fsp3) is 0.294. The van der Waals surface area contributed by atoms with Gasteiger partial charge in [0.1, 0.15) is 5.75 Å². The Labute approximate surface area is 137 Å². The van der Waals surface area contributed by atoms with E-state index in [9.17, 15) is 0 Å². The largest absolute Gasteiger partial charge is 0.494 e. The highest BCUT2D eigenvalue weighted by molar-refractivity contribution is 6.30. The van der Waals surface area contributed by atoms with Gasteiger partial charge in [-0.1, -0.05) is 41.4 Å². The molecule has 0 aliphatic carbocycles. The first-order valence-electron chi connectivity index (χ1n) is 6.86. The molecule has 0 radical (unpaired) electrons. The summed E-state index contributed by atoms with van der Waals surface area (Å²) in [6.45, 7) is 6.31. The second-order valence-electron chi connectivity index (χ2n) is 4.77. The lowest BCUT2D eigenvalue weighted by molar-refractivity contribution is 0.335. The molecular formula is C17H21Cl2NO. The summed E-state index contributed by atoms with van der Waals surface area (Å²) in [5.74, 6) is 0.897. The van der Waals surface area contributed by atoms with E-state index in [0.717, 1.165) is 29.4 Å². The third-order valence-corrected chi connectivity index (χ3v) is 3.32. The fourth-order valence-electron chi connectivity index (χ4n) is 2.03. The van der Waals surface area contributed by atoms with E-state index in [1.54, 1.807) is 0 Å². The van der Waals surface area contributed by atoms with E-state index in [0.29, 0.717) is 6.61 Å². The van der Waals surface area contributed by atoms with Gasteiger partial charge in [0.15, 0.2) is 0 Å². The van der Waals surface area contributed by atoms with Crippen LogP contribution in [0.25, 0.3) is 0 Å². The van der Waals surface area contributed by atoms with Crippen LogP contribution in [-0.4, -0.2) is 6.61 Å². The van der Waals surface area contributed by atoms with Crippen molar-refractivity contribution in [2.24, 2.45) is 0 Å². The average Bonchev–Trinajstić information content (AvgIpc) is 2.44. The summed E-state index contributed by atoms with van der Waals surface area (Å²) < 4.78 is 5.61. The Morgan fingerprint density at radius 3 is 2.43 bits per heavy atom. The van der Waals surface area contributed by atoms with Crippen molar-refractivity contribution in [3.05, 3.63) is 64.2 Å². The van der Waals surface area contributed by atoms with E-state index in [2.05, 4.69) is 36.5 Å². The average molecular weight is 326 g/mol. The van der Waals surface area contributed by atoms with Gasteiger partial charge in [-0.2, -0.15) is 0 Å². The zero-order chi connectivity index (χ0) is 14.4. The lowest BCUT2D eigenvalue weighted by Gasteiger charge is -2.11. The highest BCUT2D eigenvalue weighted by Crippen LogP contribution is 2.23. The standard InChI is InChI=1S/C17H20ClNO.ClH/c1-3-20-17-9-8-16(18)10-15(17)12-19-11-14-6-4-13(2)5-7-14;/h4-10,19H,3,11-12H2,1-2H3;1H. The second-order valence-corrected chi connectivity index (χ2v) is 5.21. The van der Waals surface area contributed by atoms with Gasteiger partial charge < -0.3 is 10.1 Å². The van der Waals surface area contributed by atoms with Gasteiger partial charge in [0.05, 0.1) is 6.61 Å². The molecule has 0 bridgehead atoms. The predicted octanol–water partition coefficient (Wildman–Crippen LogP) is 4.76. The molecule has 2 nitrogen and oxygen atoms in total. The highest BCUT2D eigenvalue weighted by atomic mass is 35.5. The molecule has 0 heterocycles. The number of aryl methyl sites for hydroxylation is 1. The number of hydrogen-bond donors (Lipinski definition) is 1. The van der Waals surface area contributed by atoms with Crippen molar-refractivity contribution in [1.82, 2.24) is 5.32 Å². The molecule has 0 aliphatic rings. The zero-order valence-corrected chi connectivity index (χ0v) is 13.9. The van der Waals surface area contributed by atoms with Crippen LogP contribution in [-0.2, 0) is 13.1 Å². The van der Waals surface area contributed by atoms with Crippen LogP contribution in [0, 0.1) is 6.92 Å². The topological polar surface area (TPSA) is 21.3 Å². The highest BCUT2D eigenvalue weighted by Gasteiger charge is 2.04. The Morgan fingerprint density at radius 1 is 1.05 bits per heavy atom. The van der Waals surface area contributed by atoms with E-state index < -0.39 is 0 Å². The number of rotatable bonds is 6. The molecule has 0 aliphatic heterocycles. The normalized spacial score (nSPS) is 10.0. The van der Waals surface area contributed by atoms with E-state index in [1.807, 2.05) is 25.1 Å². The summed E-state index contributed by atoms with van der Waals surface area (Å²) in [5, 5.41) is 4.16. The molecule has 21 heavy (non-hydrogen) atoms. The Balaban J connectivity index is 0.00000220. The van der Waals surface area contributed by atoms with Gasteiger partial charge in [-0.25, -0.2) is 0 Å². The maximum Gasteiger partial charge on any atom is 0.123 e. The molecule has 1 N–H and O–H groups in total. The Bertz CT molecular complexity index is 555. The number of nitrogens with one attached hydrogen (secondary N) is 1. The lowest BCUT2D eigenvalue weighted by Crippen LogP contribution is -2.13. The molecule has 0 aromatic heterocycles. The Hall–Kier alpha value is -1.22. The minimum absolute atomic E-state index is 0. The van der Waals surface area contributed by atoms with Gasteiger partial charge in [-0.3, -0.25) is 0 Å². The molecule has 2 aromatic carbocycles. The second kappa shape index (κ2) is 8.93. The van der Waals surface area contributed by atoms with Gasteiger partial charge in [0, 0.05) is 23.7 Å². The number of ether oxygens (including phenoxy) is 1. The molecule has 0 atom stereocenters. The molecule has 0 unspecified atom stereocenters. The third-order valence-electron chi connectivity index (χ3n) is 3.09. The maximum atomic E-state index is 6.05. The molecule has 0 saturated carbocycles. The van der Waals surface area contributed by atoms with Crippen LogP contribution in [0.1, 0.15) is 23.6 Å². The third kappa shape index (κ3) is 5.58. The van der Waals surface area contributed by atoms with Crippen molar-refractivity contribution in [3.8, 4) is 5.75 Å². The Kier molecular flexibility index (Phi) is 7.58. The minimum Gasteiger partial charge on any atom is -0.494 e. The van der Waals surface area contributed by atoms with Gasteiger partial charge in [-0.15, -0.1) is 12.4 Å². The van der Waals surface area contributed by atoms with Gasteiger partial charge >= 0.3 is 0 Å². The molecule has 0 amide bonds. The van der Waals surface area contributed by atoms with Crippen molar-refractivity contribution in [3.63, 3.8) is 0 Å². The summed E-state index contributed by atoms with van der Waals surface area (Å²) in [6.07, 6.45) is 0. The minimum atomic E-state index is 0. The fourth-order valence-corrected chi connectivity index (χ4v) is 2.22. The lowest BCUT2D eigenvalue weighted by atomic mass is 10.1. The summed E-state index contributed by atoms with van der Waals surface area (Å²) in [7, 11) is 0. The van der Waals surface area contributed by atoms with Crippen molar-refractivity contribution >= 4 is 24.0 Å². The van der Waals surface area contributed by atoms with E-state index in [4.69, 9.17) is 16.3 Å². The van der Waals surface area contributed by atoms with Crippen molar-refractivity contribution < 1.29 is 4.74 Å². The molecular weight excluding hydrogens is 305 g/mol. The zero-order valence-electron chi connectivity index (χ0n) is 12.4. The Morgan fingerprint density at radius 2 is 1.76 bits per heavy atom. The SMILES string of the molecule is CCOc1ccc(Cl)cc1CNCc1ccc(C)cc1.Cl. The van der Waals surface area contributed by atoms with Gasteiger partial charge in [0.25, 0.3) is 0 Å². The summed E-state index contributed by atoms with van der Waals surface area (Å²) in [5.41, 5.74) is 3.64. The van der Waals surface area contributed by atoms with E-state index in [1.165, 1.54) is 11.1 Å². The number of hydrogen-bond acceptors (Lipinski definition) is 2. The maximum absolute atomic E-state index is 6.05. The van der Waals surface area contributed by atoms with Crippen LogP contribution in [0.3, 0.4) is 0 Å². The number of benzene rings is 2. The quantitative estimate of drug-likeness (QED) is 0.826. The summed E-state index contributed by atoms with van der Waals surface area (Å²) in [4.78, 5) is 0. The molecule has 0 spiro atoms. The summed E-state index contributed by atoms with van der Waals surface area (Å²) >= 11 is 6.05. The first kappa shape index (κ1) is 17.8. The van der Waals surface area contributed by atoms with Crippen molar-refractivity contribution in [1.29, 1.82) is 0 Å². The first-order valence-corrected chi connectivity index (χ1v) is 7.24. The van der Waals surface area contributed by atoms with Crippen molar-refractivity contribution in [2.75, 3.05) is 6.61 Å². The van der Waals surface area contributed by atoms with Crippen LogP contribution in [0.2, 0.25) is 5.02 Å². The van der Waals surface area contributed by atoms with Crippen LogP contribution in [0.4, 0.5) is 0 Å². The van der Waals surface area contributed by atoms with Crippen LogP contribution >= 0.6 is 24.0 Å². The van der Waals surface area contributed by atoms with Crippen molar-refractivity contribution in [2.45, 2.75) is 26.9 Å². The summed E-state index contributed by atoms with van der Waals surface area (Å²) in [6, 6.07) is 14.3. The molecule has 114 valence electrons. The van der Waals surface area contributed by atoms with E-state index in [-0.39, 0.29) is 12.4 Å². The molecule has 2 aromatic rings. The van der Waals surface area contributed by atoms with Crippen LogP contribution in [0.5, 0.6) is 5.75 Å². The van der Waals surface area contributed by atoms with Crippen LogP contribution < -0.4 is 10.1 Å². The predicted molar refractivity (Wildman–Crippen MR) is 91.6 cm³/mol. The van der Waals surface area contributed by atoms with Gasteiger partial charge in [-0.05, 0) is 37.6 Å². The van der Waals surface area contributed by atoms with E-state index >= 15 is 0 Å². The number of halogens is 2. The molecule has 0 saturated heterocycles. The molecule has 0 fully saturated rings. The molecule has 2 rings (SSSR count). The monoisotopic (exact) mass is 325 g/mol.